The number of unbranched alkanes of at least 4 members (excludes halogenated alkanes) is 2. The van der Waals surface area contributed by atoms with Gasteiger partial charge in [-0.2, -0.15) is 0 Å². The van der Waals surface area contributed by atoms with E-state index < -0.39 is 10.0 Å². The molecule has 0 aliphatic carbocycles. The molecule has 1 amide bonds. The molecular formula is C15H24N2O3S. The number of nitrogens with one attached hydrogen (secondary N) is 2. The van der Waals surface area contributed by atoms with Gasteiger partial charge in [-0.3, -0.25) is 4.79 Å². The van der Waals surface area contributed by atoms with Gasteiger partial charge in [-0.1, -0.05) is 38.8 Å². The number of hydrogen-bond donors (Lipinski definition) is 2. The Hall–Kier alpha value is -1.40. The first kappa shape index (κ1) is 17.7. The van der Waals surface area contributed by atoms with Crippen LogP contribution in [0, 0.1) is 0 Å². The molecule has 1 rings (SSSR count). The molecule has 21 heavy (non-hydrogen) atoms. The molecule has 0 heterocycles. The molecule has 0 aliphatic heterocycles. The van der Waals surface area contributed by atoms with E-state index >= 15 is 0 Å². The second-order valence-corrected chi connectivity index (χ2v) is 6.65. The Kier molecular flexibility index (Phi) is 7.39. The van der Waals surface area contributed by atoms with Crippen molar-refractivity contribution in [3.63, 3.8) is 0 Å². The quantitative estimate of drug-likeness (QED) is 0.683. The molecule has 0 bridgehead atoms. The van der Waals surface area contributed by atoms with E-state index in [4.69, 9.17) is 0 Å². The SMILES string of the molecule is CCCCCNC(=O)CNS(=O)(=O)c1ccc(CC)cc1. The van der Waals surface area contributed by atoms with Crippen LogP contribution in [0.4, 0.5) is 0 Å². The van der Waals surface area contributed by atoms with Crippen LogP contribution in [0.1, 0.15) is 38.7 Å². The number of benzene rings is 1. The van der Waals surface area contributed by atoms with Gasteiger partial charge in [-0.05, 0) is 30.5 Å². The topological polar surface area (TPSA) is 75.3 Å². The maximum atomic E-state index is 12.0. The summed E-state index contributed by atoms with van der Waals surface area (Å²) < 4.78 is 26.4. The van der Waals surface area contributed by atoms with Crippen molar-refractivity contribution in [1.82, 2.24) is 10.0 Å². The molecule has 0 fully saturated rings. The first-order valence-electron chi connectivity index (χ1n) is 7.35. The zero-order chi connectivity index (χ0) is 15.7. The van der Waals surface area contributed by atoms with Crippen LogP contribution < -0.4 is 10.0 Å². The fourth-order valence-corrected chi connectivity index (χ4v) is 2.80. The number of carbonyl (C=O) groups is 1. The largest absolute Gasteiger partial charge is 0.355 e. The summed E-state index contributed by atoms with van der Waals surface area (Å²) in [7, 11) is -3.63. The van der Waals surface area contributed by atoms with Crippen molar-refractivity contribution < 1.29 is 13.2 Å². The minimum atomic E-state index is -3.63. The average molecular weight is 312 g/mol. The van der Waals surface area contributed by atoms with Crippen molar-refractivity contribution in [2.24, 2.45) is 0 Å². The summed E-state index contributed by atoms with van der Waals surface area (Å²) in [6, 6.07) is 6.67. The number of hydrogen-bond acceptors (Lipinski definition) is 3. The van der Waals surface area contributed by atoms with Crippen molar-refractivity contribution in [3.8, 4) is 0 Å². The third-order valence-corrected chi connectivity index (χ3v) is 4.58. The zero-order valence-electron chi connectivity index (χ0n) is 12.7. The maximum Gasteiger partial charge on any atom is 0.241 e. The highest BCUT2D eigenvalue weighted by atomic mass is 32.2. The summed E-state index contributed by atoms with van der Waals surface area (Å²) in [5.74, 6) is -0.306. The van der Waals surface area contributed by atoms with E-state index in [9.17, 15) is 13.2 Å². The van der Waals surface area contributed by atoms with Crippen LogP contribution in [0.2, 0.25) is 0 Å². The van der Waals surface area contributed by atoms with E-state index in [0.29, 0.717) is 6.54 Å². The van der Waals surface area contributed by atoms with Crippen LogP contribution in [0.5, 0.6) is 0 Å². The molecule has 5 nitrogen and oxygen atoms in total. The summed E-state index contributed by atoms with van der Waals surface area (Å²) in [5.41, 5.74) is 1.07. The Bertz CT molecular complexity index is 539. The predicted molar refractivity (Wildman–Crippen MR) is 83.5 cm³/mol. The Labute approximate surface area is 127 Å². The van der Waals surface area contributed by atoms with Gasteiger partial charge in [0, 0.05) is 6.54 Å². The van der Waals surface area contributed by atoms with E-state index in [2.05, 4.69) is 17.0 Å². The highest BCUT2D eigenvalue weighted by Crippen LogP contribution is 2.10. The lowest BCUT2D eigenvalue weighted by Crippen LogP contribution is -2.37. The van der Waals surface area contributed by atoms with E-state index in [0.717, 1.165) is 31.2 Å². The molecule has 2 N–H and O–H groups in total. The highest BCUT2D eigenvalue weighted by Gasteiger charge is 2.14. The summed E-state index contributed by atoms with van der Waals surface area (Å²) in [5, 5.41) is 2.69. The molecule has 0 spiro atoms. The first-order valence-corrected chi connectivity index (χ1v) is 8.83. The van der Waals surface area contributed by atoms with Gasteiger partial charge in [0.15, 0.2) is 0 Å². The number of amides is 1. The lowest BCUT2D eigenvalue weighted by molar-refractivity contribution is -0.119. The van der Waals surface area contributed by atoms with Gasteiger partial charge in [-0.25, -0.2) is 13.1 Å². The van der Waals surface area contributed by atoms with Crippen molar-refractivity contribution >= 4 is 15.9 Å². The third kappa shape index (κ3) is 6.27. The number of sulfonamides is 1. The zero-order valence-corrected chi connectivity index (χ0v) is 13.5. The van der Waals surface area contributed by atoms with Gasteiger partial charge >= 0.3 is 0 Å². The van der Waals surface area contributed by atoms with E-state index in [1.165, 1.54) is 0 Å². The Morgan fingerprint density at radius 2 is 1.76 bits per heavy atom. The molecule has 1 aromatic carbocycles. The number of rotatable bonds is 9. The molecule has 0 aliphatic rings. The second-order valence-electron chi connectivity index (χ2n) is 4.88. The Morgan fingerprint density at radius 1 is 1.10 bits per heavy atom. The lowest BCUT2D eigenvalue weighted by Gasteiger charge is -2.08. The number of aryl methyl sites for hydroxylation is 1. The van der Waals surface area contributed by atoms with Crippen LogP contribution >= 0.6 is 0 Å². The third-order valence-electron chi connectivity index (χ3n) is 3.17. The molecule has 0 unspecified atom stereocenters. The summed E-state index contributed by atoms with van der Waals surface area (Å²) >= 11 is 0. The van der Waals surface area contributed by atoms with Crippen LogP contribution in [0.15, 0.2) is 29.2 Å². The monoisotopic (exact) mass is 312 g/mol. The molecular weight excluding hydrogens is 288 g/mol. The standard InChI is InChI=1S/C15H24N2O3S/c1-3-5-6-11-16-15(18)12-17-21(19,20)14-9-7-13(4-2)8-10-14/h7-10,17H,3-6,11-12H2,1-2H3,(H,16,18). The highest BCUT2D eigenvalue weighted by molar-refractivity contribution is 7.89. The van der Waals surface area contributed by atoms with Gasteiger partial charge in [0.25, 0.3) is 0 Å². The molecule has 1 aromatic rings. The summed E-state index contributed by atoms with van der Waals surface area (Å²) in [6.07, 6.45) is 3.90. The Balaban J connectivity index is 2.46. The van der Waals surface area contributed by atoms with Gasteiger partial charge in [0.05, 0.1) is 11.4 Å². The molecule has 118 valence electrons. The number of carbonyl (C=O) groups excluding carboxylic acids is 1. The minimum Gasteiger partial charge on any atom is -0.355 e. The van der Waals surface area contributed by atoms with Gasteiger partial charge in [0.2, 0.25) is 15.9 Å². The van der Waals surface area contributed by atoms with Crippen LogP contribution in [-0.2, 0) is 21.2 Å². The van der Waals surface area contributed by atoms with Crippen molar-refractivity contribution in [2.75, 3.05) is 13.1 Å². The van der Waals surface area contributed by atoms with Crippen LogP contribution in [0.3, 0.4) is 0 Å². The van der Waals surface area contributed by atoms with Crippen LogP contribution in [0.25, 0.3) is 0 Å². The predicted octanol–water partition coefficient (Wildman–Crippen LogP) is 1.83. The second kappa shape index (κ2) is 8.79. The van der Waals surface area contributed by atoms with E-state index in [1.54, 1.807) is 24.3 Å². The van der Waals surface area contributed by atoms with Crippen molar-refractivity contribution in [1.29, 1.82) is 0 Å². The maximum absolute atomic E-state index is 12.0. The summed E-state index contributed by atoms with van der Waals surface area (Å²) in [4.78, 5) is 11.7. The molecule has 6 heteroatoms. The van der Waals surface area contributed by atoms with E-state index in [-0.39, 0.29) is 17.3 Å². The van der Waals surface area contributed by atoms with Crippen molar-refractivity contribution in [2.45, 2.75) is 44.4 Å². The van der Waals surface area contributed by atoms with Crippen LogP contribution in [-0.4, -0.2) is 27.4 Å². The van der Waals surface area contributed by atoms with Crippen molar-refractivity contribution in [3.05, 3.63) is 29.8 Å². The minimum absolute atomic E-state index is 0.179. The fraction of sp³-hybridized carbons (Fsp3) is 0.533. The normalized spacial score (nSPS) is 11.3. The molecule has 0 saturated carbocycles. The Morgan fingerprint density at radius 3 is 2.33 bits per heavy atom. The lowest BCUT2D eigenvalue weighted by atomic mass is 10.2. The molecule has 0 saturated heterocycles. The average Bonchev–Trinajstić information content (AvgIpc) is 2.50. The van der Waals surface area contributed by atoms with Gasteiger partial charge in [0.1, 0.15) is 0 Å². The molecule has 0 radical (unpaired) electrons. The fourth-order valence-electron chi connectivity index (χ4n) is 1.81. The summed E-state index contributed by atoms with van der Waals surface area (Å²) in [6.45, 7) is 4.44. The molecule has 0 aromatic heterocycles. The van der Waals surface area contributed by atoms with E-state index in [1.807, 2.05) is 6.92 Å². The van der Waals surface area contributed by atoms with Gasteiger partial charge < -0.3 is 5.32 Å². The first-order chi connectivity index (χ1) is 9.99. The smallest absolute Gasteiger partial charge is 0.241 e. The van der Waals surface area contributed by atoms with Gasteiger partial charge in [-0.15, -0.1) is 0 Å². The molecule has 0 atom stereocenters.